The van der Waals surface area contributed by atoms with Crippen molar-refractivity contribution in [1.82, 2.24) is 8.87 Å². The van der Waals surface area contributed by atoms with Gasteiger partial charge < -0.3 is 9.88 Å². The minimum absolute atomic E-state index is 0.0889. The van der Waals surface area contributed by atoms with Crippen LogP contribution in [0.3, 0.4) is 0 Å². The van der Waals surface area contributed by atoms with Gasteiger partial charge in [0.15, 0.2) is 0 Å². The van der Waals surface area contributed by atoms with E-state index in [1.165, 1.54) is 16.4 Å². The summed E-state index contributed by atoms with van der Waals surface area (Å²) in [6.45, 7) is 3.19. The molecule has 1 aliphatic heterocycles. The van der Waals surface area contributed by atoms with E-state index in [1.807, 2.05) is 6.92 Å². The lowest BCUT2D eigenvalue weighted by molar-refractivity contribution is -0.116. The summed E-state index contributed by atoms with van der Waals surface area (Å²) in [6, 6.07) is 6.29. The van der Waals surface area contributed by atoms with Crippen molar-refractivity contribution in [3.8, 4) is 0 Å². The van der Waals surface area contributed by atoms with Gasteiger partial charge >= 0.3 is 4.87 Å². The summed E-state index contributed by atoms with van der Waals surface area (Å²) >= 11 is 1.11. The maximum Gasteiger partial charge on any atom is 0.307 e. The highest BCUT2D eigenvalue weighted by Gasteiger charge is 2.27. The molecule has 0 radical (unpaired) electrons. The van der Waals surface area contributed by atoms with Gasteiger partial charge in [-0.15, -0.1) is 0 Å². The fraction of sp³-hybridized carbons (Fsp3) is 0.412. The number of rotatable bonds is 6. The Morgan fingerprint density at radius 1 is 1.27 bits per heavy atom. The minimum Gasteiger partial charge on any atom is -0.326 e. The predicted octanol–water partition coefficient (Wildman–Crippen LogP) is 2.03. The molecule has 1 aromatic carbocycles. The molecule has 2 aromatic rings. The number of carbonyl (C=O) groups excluding carboxylic acids is 1. The molecule has 2 heterocycles. The van der Waals surface area contributed by atoms with E-state index >= 15 is 0 Å². The van der Waals surface area contributed by atoms with Crippen LogP contribution in [0.15, 0.2) is 39.3 Å². The van der Waals surface area contributed by atoms with Crippen molar-refractivity contribution in [3.05, 3.63) is 45.0 Å². The third-order valence-corrected chi connectivity index (χ3v) is 7.14. The van der Waals surface area contributed by atoms with Crippen LogP contribution >= 0.6 is 11.3 Å². The molecule has 1 aromatic heterocycles. The Bertz CT molecular complexity index is 956. The van der Waals surface area contributed by atoms with Crippen LogP contribution in [-0.4, -0.2) is 36.3 Å². The average molecular weight is 396 g/mol. The molecule has 7 nitrogen and oxygen atoms in total. The first-order valence-corrected chi connectivity index (χ1v) is 10.7. The predicted molar refractivity (Wildman–Crippen MR) is 101 cm³/mol. The highest BCUT2D eigenvalue weighted by molar-refractivity contribution is 7.89. The first-order chi connectivity index (χ1) is 12.4. The van der Waals surface area contributed by atoms with Gasteiger partial charge in [-0.2, -0.15) is 4.31 Å². The molecule has 1 saturated heterocycles. The lowest BCUT2D eigenvalue weighted by Gasteiger charge is -2.16. The number of amides is 1. The Labute approximate surface area is 156 Å². The second kappa shape index (κ2) is 7.73. The molecule has 0 unspecified atom stereocenters. The zero-order valence-corrected chi connectivity index (χ0v) is 16.1. The number of thiazole rings is 1. The molecular weight excluding hydrogens is 374 g/mol. The van der Waals surface area contributed by atoms with Gasteiger partial charge in [0.2, 0.25) is 15.9 Å². The number of aromatic nitrogens is 1. The van der Waals surface area contributed by atoms with Crippen LogP contribution in [0.4, 0.5) is 5.69 Å². The maximum absolute atomic E-state index is 12.6. The number of aryl methyl sites for hydroxylation is 1. The molecule has 0 saturated carbocycles. The molecule has 140 valence electrons. The van der Waals surface area contributed by atoms with E-state index in [1.54, 1.807) is 22.1 Å². The van der Waals surface area contributed by atoms with Crippen LogP contribution in [-0.2, 0) is 21.4 Å². The third kappa shape index (κ3) is 4.05. The third-order valence-electron chi connectivity index (χ3n) is 4.36. The zero-order valence-electron chi connectivity index (χ0n) is 14.5. The molecular formula is C17H21N3O4S2. The van der Waals surface area contributed by atoms with Gasteiger partial charge in [0.05, 0.1) is 4.90 Å². The molecule has 3 rings (SSSR count). The van der Waals surface area contributed by atoms with Gasteiger partial charge in [0.1, 0.15) is 0 Å². The van der Waals surface area contributed by atoms with Gasteiger partial charge in [-0.3, -0.25) is 9.59 Å². The van der Waals surface area contributed by atoms with Crippen molar-refractivity contribution in [3.63, 3.8) is 0 Å². The van der Waals surface area contributed by atoms with E-state index in [-0.39, 0.29) is 22.1 Å². The second-order valence-corrected chi connectivity index (χ2v) is 8.99. The number of hydrogen-bond donors (Lipinski definition) is 1. The van der Waals surface area contributed by atoms with Crippen LogP contribution in [0.25, 0.3) is 0 Å². The molecule has 1 aliphatic rings. The van der Waals surface area contributed by atoms with Gasteiger partial charge in [0, 0.05) is 42.8 Å². The SMILES string of the molecule is Cc1csc(=O)n1CCC(=O)Nc1cccc(S(=O)(=O)N2CCCC2)c1. The van der Waals surface area contributed by atoms with Gasteiger partial charge in [-0.1, -0.05) is 17.4 Å². The molecule has 0 spiro atoms. The Morgan fingerprint density at radius 2 is 2.00 bits per heavy atom. The highest BCUT2D eigenvalue weighted by atomic mass is 32.2. The Balaban J connectivity index is 1.67. The monoisotopic (exact) mass is 395 g/mol. The average Bonchev–Trinajstić information content (AvgIpc) is 3.25. The second-order valence-electron chi connectivity index (χ2n) is 6.23. The van der Waals surface area contributed by atoms with E-state index in [0.717, 1.165) is 29.9 Å². The molecule has 9 heteroatoms. The topological polar surface area (TPSA) is 88.5 Å². The first-order valence-electron chi connectivity index (χ1n) is 8.43. The quantitative estimate of drug-likeness (QED) is 0.811. The van der Waals surface area contributed by atoms with Crippen molar-refractivity contribution in [2.24, 2.45) is 0 Å². The van der Waals surface area contributed by atoms with E-state index in [0.29, 0.717) is 25.3 Å². The van der Waals surface area contributed by atoms with Crippen molar-refractivity contribution >= 4 is 33.0 Å². The number of carbonyl (C=O) groups is 1. The van der Waals surface area contributed by atoms with E-state index < -0.39 is 10.0 Å². The summed E-state index contributed by atoms with van der Waals surface area (Å²) in [4.78, 5) is 23.9. The zero-order chi connectivity index (χ0) is 18.7. The number of nitrogens with one attached hydrogen (secondary N) is 1. The molecule has 0 atom stereocenters. The van der Waals surface area contributed by atoms with Crippen LogP contribution in [0.5, 0.6) is 0 Å². The van der Waals surface area contributed by atoms with Crippen LogP contribution in [0.1, 0.15) is 25.0 Å². The van der Waals surface area contributed by atoms with E-state index in [9.17, 15) is 18.0 Å². The summed E-state index contributed by atoms with van der Waals surface area (Å²) in [5.41, 5.74) is 1.26. The molecule has 0 bridgehead atoms. The Morgan fingerprint density at radius 3 is 2.65 bits per heavy atom. The Hall–Kier alpha value is -1.97. The molecule has 1 fully saturated rings. The van der Waals surface area contributed by atoms with E-state index in [4.69, 9.17) is 0 Å². The van der Waals surface area contributed by atoms with Crippen LogP contribution < -0.4 is 10.2 Å². The standard InChI is InChI=1S/C17H21N3O4S2/c1-13-12-25-17(22)20(13)10-7-16(21)18-14-5-4-6-15(11-14)26(23,24)19-8-2-3-9-19/h4-6,11-12H,2-3,7-10H2,1H3,(H,18,21). The summed E-state index contributed by atoms with van der Waals surface area (Å²) in [5, 5.41) is 4.47. The lowest BCUT2D eigenvalue weighted by atomic mass is 10.3. The first kappa shape index (κ1) is 18.8. The fourth-order valence-electron chi connectivity index (χ4n) is 2.92. The lowest BCUT2D eigenvalue weighted by Crippen LogP contribution is -2.28. The van der Waals surface area contributed by atoms with Crippen molar-refractivity contribution < 1.29 is 13.2 Å². The summed E-state index contributed by atoms with van der Waals surface area (Å²) in [5.74, 6) is -0.266. The summed E-state index contributed by atoms with van der Waals surface area (Å²) in [7, 11) is -3.52. The maximum atomic E-state index is 12.6. The molecule has 26 heavy (non-hydrogen) atoms. The fourth-order valence-corrected chi connectivity index (χ4v) is 5.25. The number of hydrogen-bond acceptors (Lipinski definition) is 5. The minimum atomic E-state index is -3.52. The van der Waals surface area contributed by atoms with Crippen molar-refractivity contribution in [2.45, 2.75) is 37.6 Å². The largest absolute Gasteiger partial charge is 0.326 e. The van der Waals surface area contributed by atoms with Crippen molar-refractivity contribution in [1.29, 1.82) is 0 Å². The summed E-state index contributed by atoms with van der Waals surface area (Å²) in [6.07, 6.45) is 1.88. The van der Waals surface area contributed by atoms with Crippen molar-refractivity contribution in [2.75, 3.05) is 18.4 Å². The number of nitrogens with zero attached hydrogens (tertiary/aromatic N) is 2. The smallest absolute Gasteiger partial charge is 0.307 e. The van der Waals surface area contributed by atoms with E-state index in [2.05, 4.69) is 5.32 Å². The summed E-state index contributed by atoms with van der Waals surface area (Å²) < 4.78 is 28.2. The van der Waals surface area contributed by atoms with Gasteiger partial charge in [-0.05, 0) is 38.0 Å². The van der Waals surface area contributed by atoms with Gasteiger partial charge in [-0.25, -0.2) is 8.42 Å². The highest BCUT2D eigenvalue weighted by Crippen LogP contribution is 2.23. The van der Waals surface area contributed by atoms with Crippen LogP contribution in [0.2, 0.25) is 0 Å². The number of sulfonamides is 1. The Kier molecular flexibility index (Phi) is 5.59. The molecule has 1 N–H and O–H groups in total. The number of benzene rings is 1. The molecule has 1 amide bonds. The normalized spacial score (nSPS) is 15.3. The van der Waals surface area contributed by atoms with Crippen LogP contribution in [0, 0.1) is 6.92 Å². The van der Waals surface area contributed by atoms with Gasteiger partial charge in [0.25, 0.3) is 0 Å². The number of anilines is 1. The molecule has 0 aliphatic carbocycles.